The molecule has 3 aromatic rings. The molecule has 154 valence electrons. The summed E-state index contributed by atoms with van der Waals surface area (Å²) in [5, 5.41) is 5.70. The third kappa shape index (κ3) is 5.28. The molecule has 0 atom stereocenters. The fourth-order valence-corrected chi connectivity index (χ4v) is 2.66. The average Bonchev–Trinajstić information content (AvgIpc) is 3.21. The van der Waals surface area contributed by atoms with Gasteiger partial charge in [0, 0.05) is 17.8 Å². The van der Waals surface area contributed by atoms with E-state index in [2.05, 4.69) is 10.1 Å². The number of nitrogens with one attached hydrogen (secondary N) is 1. The van der Waals surface area contributed by atoms with Gasteiger partial charge in [-0.2, -0.15) is 18.3 Å². The maximum absolute atomic E-state index is 12.7. The van der Waals surface area contributed by atoms with Crippen molar-refractivity contribution in [1.29, 1.82) is 0 Å². The molecule has 2 heterocycles. The standard InChI is InChI=1S/C21H22F3N3O2/c1-3-7-28-16-9-15(10-17(11-16)29-8-4-2)14-5-6-18(25-13-14)19-12-20(27-26-19)21(22,23)24/h5-6,9-13H,3-4,7-8H2,1-2H3,(H,26,27). The monoisotopic (exact) mass is 405 g/mol. The first-order valence-electron chi connectivity index (χ1n) is 9.40. The average molecular weight is 405 g/mol. The van der Waals surface area contributed by atoms with Crippen molar-refractivity contribution < 1.29 is 22.6 Å². The topological polar surface area (TPSA) is 60.0 Å². The van der Waals surface area contributed by atoms with Crippen LogP contribution in [0.4, 0.5) is 13.2 Å². The Hall–Kier alpha value is -3.03. The number of pyridine rings is 1. The van der Waals surface area contributed by atoms with E-state index in [1.807, 2.05) is 37.1 Å². The molecule has 2 aromatic heterocycles. The highest BCUT2D eigenvalue weighted by Crippen LogP contribution is 2.32. The molecule has 3 rings (SSSR count). The van der Waals surface area contributed by atoms with Gasteiger partial charge in [-0.15, -0.1) is 0 Å². The summed E-state index contributed by atoms with van der Waals surface area (Å²) in [5.41, 5.74) is 1.22. The summed E-state index contributed by atoms with van der Waals surface area (Å²) in [4.78, 5) is 4.27. The summed E-state index contributed by atoms with van der Waals surface area (Å²) in [6, 6.07) is 9.99. The van der Waals surface area contributed by atoms with Gasteiger partial charge in [0.25, 0.3) is 0 Å². The first-order valence-corrected chi connectivity index (χ1v) is 9.40. The van der Waals surface area contributed by atoms with Gasteiger partial charge in [-0.05, 0) is 42.7 Å². The Morgan fingerprint density at radius 2 is 1.52 bits per heavy atom. The molecule has 0 bridgehead atoms. The number of hydrogen-bond donors (Lipinski definition) is 1. The number of hydrogen-bond acceptors (Lipinski definition) is 4. The minimum atomic E-state index is -4.47. The van der Waals surface area contributed by atoms with Crippen molar-refractivity contribution in [1.82, 2.24) is 15.2 Å². The summed E-state index contributed by atoms with van der Waals surface area (Å²) in [6.45, 7) is 5.24. The van der Waals surface area contributed by atoms with Crippen LogP contribution in [0.25, 0.3) is 22.5 Å². The molecule has 8 heteroatoms. The lowest BCUT2D eigenvalue weighted by Crippen LogP contribution is -2.04. The van der Waals surface area contributed by atoms with Gasteiger partial charge >= 0.3 is 6.18 Å². The smallest absolute Gasteiger partial charge is 0.432 e. The summed E-state index contributed by atoms with van der Waals surface area (Å²) >= 11 is 0. The van der Waals surface area contributed by atoms with Crippen LogP contribution in [0, 0.1) is 0 Å². The molecule has 0 radical (unpaired) electrons. The quantitative estimate of drug-likeness (QED) is 0.520. The van der Waals surface area contributed by atoms with Gasteiger partial charge in [-0.3, -0.25) is 10.1 Å². The predicted octanol–water partition coefficient (Wildman–Crippen LogP) is 5.74. The second-order valence-corrected chi connectivity index (χ2v) is 6.49. The highest BCUT2D eigenvalue weighted by Gasteiger charge is 2.33. The van der Waals surface area contributed by atoms with Crippen LogP contribution in [0.1, 0.15) is 32.4 Å². The number of aromatic nitrogens is 3. The Kier molecular flexibility index (Phi) is 6.41. The SMILES string of the molecule is CCCOc1cc(OCCC)cc(-c2ccc(-c3cc(C(F)(F)F)[nH]n3)nc2)c1. The molecular formula is C21H22F3N3O2. The lowest BCUT2D eigenvalue weighted by atomic mass is 10.1. The Labute approximate surface area is 166 Å². The molecule has 0 aliphatic heterocycles. The van der Waals surface area contributed by atoms with Gasteiger partial charge in [0.2, 0.25) is 0 Å². The van der Waals surface area contributed by atoms with Crippen molar-refractivity contribution in [3.63, 3.8) is 0 Å². The number of nitrogens with zero attached hydrogens (tertiary/aromatic N) is 2. The van der Waals surface area contributed by atoms with Crippen molar-refractivity contribution in [3.8, 4) is 34.0 Å². The summed E-state index contributed by atoms with van der Waals surface area (Å²) in [6.07, 6.45) is -1.11. The zero-order valence-corrected chi connectivity index (χ0v) is 16.2. The molecule has 1 N–H and O–H groups in total. The van der Waals surface area contributed by atoms with E-state index in [1.165, 1.54) is 0 Å². The lowest BCUT2D eigenvalue weighted by molar-refractivity contribution is -0.141. The van der Waals surface area contributed by atoms with E-state index in [4.69, 9.17) is 9.47 Å². The van der Waals surface area contributed by atoms with Gasteiger partial charge in [-0.1, -0.05) is 19.9 Å². The maximum atomic E-state index is 12.7. The summed E-state index contributed by atoms with van der Waals surface area (Å²) < 4.78 is 49.7. The van der Waals surface area contributed by atoms with E-state index >= 15 is 0 Å². The van der Waals surface area contributed by atoms with Crippen molar-refractivity contribution in [2.45, 2.75) is 32.9 Å². The second kappa shape index (κ2) is 8.98. The molecule has 0 aliphatic carbocycles. The van der Waals surface area contributed by atoms with E-state index < -0.39 is 11.9 Å². The minimum absolute atomic E-state index is 0.135. The molecule has 0 fully saturated rings. The van der Waals surface area contributed by atoms with Crippen molar-refractivity contribution in [2.75, 3.05) is 13.2 Å². The molecule has 1 aromatic carbocycles. The van der Waals surface area contributed by atoms with Crippen LogP contribution in [0.2, 0.25) is 0 Å². The highest BCUT2D eigenvalue weighted by molar-refractivity contribution is 5.68. The van der Waals surface area contributed by atoms with E-state index in [1.54, 1.807) is 18.3 Å². The number of rotatable bonds is 8. The largest absolute Gasteiger partial charge is 0.493 e. The van der Waals surface area contributed by atoms with Crippen molar-refractivity contribution in [3.05, 3.63) is 48.3 Å². The fourth-order valence-electron chi connectivity index (χ4n) is 2.66. The number of ether oxygens (including phenoxy) is 2. The van der Waals surface area contributed by atoms with Crippen LogP contribution in [-0.4, -0.2) is 28.4 Å². The van der Waals surface area contributed by atoms with Gasteiger partial charge in [0.15, 0.2) is 0 Å². The number of alkyl halides is 3. The van der Waals surface area contributed by atoms with Crippen LogP contribution in [-0.2, 0) is 6.18 Å². The van der Waals surface area contributed by atoms with E-state index in [0.29, 0.717) is 30.4 Å². The molecule has 0 saturated carbocycles. The molecular weight excluding hydrogens is 383 g/mol. The third-order valence-corrected chi connectivity index (χ3v) is 4.07. The molecule has 29 heavy (non-hydrogen) atoms. The number of H-pyrrole nitrogens is 1. The Morgan fingerprint density at radius 1 is 0.862 bits per heavy atom. The van der Waals surface area contributed by atoms with Crippen molar-refractivity contribution >= 4 is 0 Å². The van der Waals surface area contributed by atoms with Crippen LogP contribution < -0.4 is 9.47 Å². The van der Waals surface area contributed by atoms with Gasteiger partial charge in [0.1, 0.15) is 22.9 Å². The fraction of sp³-hybridized carbons (Fsp3) is 0.333. The van der Waals surface area contributed by atoms with Crippen LogP contribution in [0.3, 0.4) is 0 Å². The molecule has 0 saturated heterocycles. The molecule has 0 aliphatic rings. The Balaban J connectivity index is 1.87. The first kappa shape index (κ1) is 20.7. The summed E-state index contributed by atoms with van der Waals surface area (Å²) in [5.74, 6) is 1.39. The molecule has 0 unspecified atom stereocenters. The molecule has 0 spiro atoms. The number of benzene rings is 1. The van der Waals surface area contributed by atoms with Gasteiger partial charge in [-0.25, -0.2) is 0 Å². The van der Waals surface area contributed by atoms with Crippen LogP contribution in [0.5, 0.6) is 11.5 Å². The molecule has 0 amide bonds. The Morgan fingerprint density at radius 3 is 2.00 bits per heavy atom. The predicted molar refractivity (Wildman–Crippen MR) is 104 cm³/mol. The normalized spacial score (nSPS) is 11.5. The lowest BCUT2D eigenvalue weighted by Gasteiger charge is -2.12. The van der Waals surface area contributed by atoms with Crippen molar-refractivity contribution in [2.24, 2.45) is 0 Å². The van der Waals surface area contributed by atoms with Crippen LogP contribution in [0.15, 0.2) is 42.6 Å². The first-order chi connectivity index (χ1) is 13.9. The maximum Gasteiger partial charge on any atom is 0.432 e. The van der Waals surface area contributed by atoms with E-state index in [9.17, 15) is 13.2 Å². The number of aromatic amines is 1. The van der Waals surface area contributed by atoms with Gasteiger partial charge < -0.3 is 9.47 Å². The minimum Gasteiger partial charge on any atom is -0.493 e. The van der Waals surface area contributed by atoms with Gasteiger partial charge in [0.05, 0.1) is 18.9 Å². The van der Waals surface area contributed by atoms with E-state index in [0.717, 1.165) is 30.0 Å². The Bertz CT molecular complexity index is 911. The second-order valence-electron chi connectivity index (χ2n) is 6.49. The van der Waals surface area contributed by atoms with E-state index in [-0.39, 0.29) is 5.69 Å². The number of halogens is 3. The van der Waals surface area contributed by atoms with Crippen LogP contribution >= 0.6 is 0 Å². The third-order valence-electron chi connectivity index (χ3n) is 4.07. The highest BCUT2D eigenvalue weighted by atomic mass is 19.4. The molecule has 5 nitrogen and oxygen atoms in total. The summed E-state index contributed by atoms with van der Waals surface area (Å²) in [7, 11) is 0. The zero-order valence-electron chi connectivity index (χ0n) is 16.2. The zero-order chi connectivity index (χ0) is 20.9.